The minimum atomic E-state index is -0.332. The predicted octanol–water partition coefficient (Wildman–Crippen LogP) is 1.51. The van der Waals surface area contributed by atoms with E-state index in [2.05, 4.69) is 5.32 Å². The van der Waals surface area contributed by atoms with E-state index in [1.165, 1.54) is 12.1 Å². The summed E-state index contributed by atoms with van der Waals surface area (Å²) >= 11 is 0. The van der Waals surface area contributed by atoms with Crippen molar-refractivity contribution in [1.29, 1.82) is 0 Å². The molecule has 1 aromatic carbocycles. The number of nitrogens with two attached hydrogens (primary N) is 1. The molecule has 0 aromatic heterocycles. The molecule has 0 radical (unpaired) electrons. The molecule has 4 nitrogen and oxygen atoms in total. The molecule has 3 N–H and O–H groups in total. The standard InChI is InChI=1S/C14H22FN3O/c1-3-9-17-13(14(16)19)8-10-18(2)12-6-4-11(15)5-7-12/h4-7,13,17H,3,8-10H2,1-2H3,(H2,16,19). The zero-order chi connectivity index (χ0) is 14.3. The summed E-state index contributed by atoms with van der Waals surface area (Å²) in [4.78, 5) is 13.3. The van der Waals surface area contributed by atoms with Crippen molar-refractivity contribution in [1.82, 2.24) is 5.32 Å². The number of amides is 1. The van der Waals surface area contributed by atoms with Crippen molar-refractivity contribution in [2.45, 2.75) is 25.8 Å². The number of carbonyl (C=O) groups is 1. The Morgan fingerprint density at radius 1 is 1.42 bits per heavy atom. The molecule has 5 heteroatoms. The number of benzene rings is 1. The minimum Gasteiger partial charge on any atom is -0.375 e. The molecule has 0 fully saturated rings. The van der Waals surface area contributed by atoms with Crippen LogP contribution in [0.1, 0.15) is 19.8 Å². The average Bonchev–Trinajstić information content (AvgIpc) is 2.39. The summed E-state index contributed by atoms with van der Waals surface area (Å²) < 4.78 is 12.8. The van der Waals surface area contributed by atoms with Crippen molar-refractivity contribution in [2.24, 2.45) is 5.73 Å². The third kappa shape index (κ3) is 5.26. The second kappa shape index (κ2) is 7.74. The molecule has 0 aliphatic rings. The van der Waals surface area contributed by atoms with Crippen molar-refractivity contribution < 1.29 is 9.18 Å². The van der Waals surface area contributed by atoms with Crippen LogP contribution in [0.15, 0.2) is 24.3 Å². The average molecular weight is 267 g/mol. The second-order valence-corrected chi connectivity index (χ2v) is 4.60. The van der Waals surface area contributed by atoms with Gasteiger partial charge in [0.1, 0.15) is 5.82 Å². The van der Waals surface area contributed by atoms with Gasteiger partial charge in [0.25, 0.3) is 0 Å². The Hall–Kier alpha value is -1.62. The van der Waals surface area contributed by atoms with Gasteiger partial charge in [-0.1, -0.05) is 6.92 Å². The summed E-state index contributed by atoms with van der Waals surface area (Å²) in [6.45, 7) is 3.49. The Morgan fingerprint density at radius 2 is 2.05 bits per heavy atom. The highest BCUT2D eigenvalue weighted by atomic mass is 19.1. The zero-order valence-corrected chi connectivity index (χ0v) is 11.5. The third-order valence-corrected chi connectivity index (χ3v) is 3.00. The normalized spacial score (nSPS) is 12.2. The number of nitrogens with zero attached hydrogens (tertiary/aromatic N) is 1. The molecule has 1 rings (SSSR count). The molecular formula is C14H22FN3O. The van der Waals surface area contributed by atoms with Gasteiger partial charge >= 0.3 is 0 Å². The smallest absolute Gasteiger partial charge is 0.234 e. The van der Waals surface area contributed by atoms with Crippen LogP contribution in [-0.4, -0.2) is 32.1 Å². The van der Waals surface area contributed by atoms with Gasteiger partial charge in [-0.3, -0.25) is 4.79 Å². The van der Waals surface area contributed by atoms with E-state index in [-0.39, 0.29) is 17.8 Å². The maximum absolute atomic E-state index is 12.8. The van der Waals surface area contributed by atoms with E-state index in [9.17, 15) is 9.18 Å². The number of rotatable bonds is 8. The van der Waals surface area contributed by atoms with E-state index in [0.29, 0.717) is 13.0 Å². The summed E-state index contributed by atoms with van der Waals surface area (Å²) in [6, 6.07) is 5.96. The van der Waals surface area contributed by atoms with Crippen LogP contribution in [-0.2, 0) is 4.79 Å². The molecular weight excluding hydrogens is 245 g/mol. The summed E-state index contributed by atoms with van der Waals surface area (Å²) in [5, 5.41) is 3.12. The van der Waals surface area contributed by atoms with Gasteiger partial charge in [-0.15, -0.1) is 0 Å². The second-order valence-electron chi connectivity index (χ2n) is 4.60. The van der Waals surface area contributed by atoms with E-state index < -0.39 is 0 Å². The molecule has 106 valence electrons. The van der Waals surface area contributed by atoms with Crippen LogP contribution < -0.4 is 16.0 Å². The van der Waals surface area contributed by atoms with Gasteiger partial charge < -0.3 is 16.0 Å². The summed E-state index contributed by atoms with van der Waals surface area (Å²) in [6.07, 6.45) is 1.58. The fourth-order valence-corrected chi connectivity index (χ4v) is 1.81. The lowest BCUT2D eigenvalue weighted by atomic mass is 10.1. The van der Waals surface area contributed by atoms with Crippen LogP contribution in [0.2, 0.25) is 0 Å². The number of anilines is 1. The monoisotopic (exact) mass is 267 g/mol. The van der Waals surface area contributed by atoms with E-state index >= 15 is 0 Å². The fraction of sp³-hybridized carbons (Fsp3) is 0.500. The quantitative estimate of drug-likeness (QED) is 0.750. The Bertz CT molecular complexity index is 394. The van der Waals surface area contributed by atoms with Gasteiger partial charge in [0.2, 0.25) is 5.91 Å². The summed E-state index contributed by atoms with van der Waals surface area (Å²) in [5.74, 6) is -0.585. The first kappa shape index (κ1) is 15.4. The van der Waals surface area contributed by atoms with Crippen LogP contribution >= 0.6 is 0 Å². The Morgan fingerprint density at radius 3 is 2.58 bits per heavy atom. The number of nitrogens with one attached hydrogen (secondary N) is 1. The van der Waals surface area contributed by atoms with Gasteiger partial charge in [-0.2, -0.15) is 0 Å². The number of primary amides is 1. The maximum atomic E-state index is 12.8. The van der Waals surface area contributed by atoms with Crippen molar-refractivity contribution in [3.05, 3.63) is 30.1 Å². The first-order valence-electron chi connectivity index (χ1n) is 6.54. The molecule has 0 heterocycles. The van der Waals surface area contributed by atoms with E-state index in [1.807, 2.05) is 18.9 Å². The Balaban J connectivity index is 2.49. The fourth-order valence-electron chi connectivity index (χ4n) is 1.81. The van der Waals surface area contributed by atoms with Crippen LogP contribution in [0.4, 0.5) is 10.1 Å². The first-order valence-corrected chi connectivity index (χ1v) is 6.54. The maximum Gasteiger partial charge on any atom is 0.234 e. The van der Waals surface area contributed by atoms with Crippen molar-refractivity contribution in [2.75, 3.05) is 25.0 Å². The van der Waals surface area contributed by atoms with E-state index in [0.717, 1.165) is 18.7 Å². The number of hydrogen-bond acceptors (Lipinski definition) is 3. The number of hydrogen-bond donors (Lipinski definition) is 2. The van der Waals surface area contributed by atoms with Crippen LogP contribution in [0.25, 0.3) is 0 Å². The van der Waals surface area contributed by atoms with Gasteiger partial charge in [-0.05, 0) is 43.7 Å². The van der Waals surface area contributed by atoms with E-state index in [1.54, 1.807) is 12.1 Å². The zero-order valence-electron chi connectivity index (χ0n) is 11.5. The highest BCUT2D eigenvalue weighted by Crippen LogP contribution is 2.13. The molecule has 0 saturated heterocycles. The molecule has 1 amide bonds. The Labute approximate surface area is 113 Å². The van der Waals surface area contributed by atoms with Crippen LogP contribution in [0, 0.1) is 5.82 Å². The molecule has 0 aliphatic carbocycles. The SMILES string of the molecule is CCCNC(CCN(C)c1ccc(F)cc1)C(N)=O. The lowest BCUT2D eigenvalue weighted by Gasteiger charge is -2.22. The molecule has 1 atom stereocenters. The molecule has 0 saturated carbocycles. The van der Waals surface area contributed by atoms with Gasteiger partial charge in [0.05, 0.1) is 6.04 Å². The van der Waals surface area contributed by atoms with Crippen molar-refractivity contribution >= 4 is 11.6 Å². The van der Waals surface area contributed by atoms with Gasteiger partial charge in [0, 0.05) is 19.3 Å². The number of carbonyl (C=O) groups excluding carboxylic acids is 1. The molecule has 0 bridgehead atoms. The van der Waals surface area contributed by atoms with E-state index in [4.69, 9.17) is 5.73 Å². The summed E-state index contributed by atoms with van der Waals surface area (Å²) in [5.41, 5.74) is 6.27. The molecule has 1 unspecified atom stereocenters. The molecule has 1 aromatic rings. The Kier molecular flexibility index (Phi) is 6.29. The highest BCUT2D eigenvalue weighted by Gasteiger charge is 2.14. The van der Waals surface area contributed by atoms with Gasteiger partial charge in [-0.25, -0.2) is 4.39 Å². The van der Waals surface area contributed by atoms with Crippen molar-refractivity contribution in [3.63, 3.8) is 0 Å². The highest BCUT2D eigenvalue weighted by molar-refractivity contribution is 5.79. The third-order valence-electron chi connectivity index (χ3n) is 3.00. The topological polar surface area (TPSA) is 58.4 Å². The lowest BCUT2D eigenvalue weighted by molar-refractivity contribution is -0.120. The molecule has 0 spiro atoms. The largest absolute Gasteiger partial charge is 0.375 e. The van der Waals surface area contributed by atoms with Crippen LogP contribution in [0.3, 0.4) is 0 Å². The predicted molar refractivity (Wildman–Crippen MR) is 75.6 cm³/mol. The lowest BCUT2D eigenvalue weighted by Crippen LogP contribution is -2.43. The summed E-state index contributed by atoms with van der Waals surface area (Å²) in [7, 11) is 1.91. The van der Waals surface area contributed by atoms with Crippen molar-refractivity contribution in [3.8, 4) is 0 Å². The van der Waals surface area contributed by atoms with Crippen LogP contribution in [0.5, 0.6) is 0 Å². The first-order chi connectivity index (χ1) is 9.04. The molecule has 0 aliphatic heterocycles. The minimum absolute atomic E-state index is 0.253. The molecule has 19 heavy (non-hydrogen) atoms. The van der Waals surface area contributed by atoms with Gasteiger partial charge in [0.15, 0.2) is 0 Å². The number of halogens is 1.